The third-order valence-corrected chi connectivity index (χ3v) is 4.43. The Morgan fingerprint density at radius 3 is 1.88 bits per heavy atom. The molecular formula is C19H21N3O2. The summed E-state index contributed by atoms with van der Waals surface area (Å²) in [4.78, 5) is 25.7. The molecule has 1 aliphatic rings. The van der Waals surface area contributed by atoms with E-state index in [9.17, 15) is 9.59 Å². The van der Waals surface area contributed by atoms with Crippen LogP contribution in [0.25, 0.3) is 0 Å². The molecule has 2 N–H and O–H groups in total. The number of nitrogens with two attached hydrogens (primary N) is 1. The largest absolute Gasteiger partial charge is 0.291 e. The van der Waals surface area contributed by atoms with Gasteiger partial charge >= 0.3 is 0 Å². The van der Waals surface area contributed by atoms with Gasteiger partial charge in [0.25, 0.3) is 0 Å². The maximum Gasteiger partial charge on any atom is 0.249 e. The maximum absolute atomic E-state index is 12.2. The predicted octanol–water partition coefficient (Wildman–Crippen LogP) is 1.96. The van der Waals surface area contributed by atoms with Gasteiger partial charge in [0.1, 0.15) is 0 Å². The number of rotatable bonds is 4. The molecule has 0 aliphatic carbocycles. The first kappa shape index (κ1) is 16.4. The van der Waals surface area contributed by atoms with Gasteiger partial charge in [0.05, 0.1) is 12.0 Å². The van der Waals surface area contributed by atoms with E-state index >= 15 is 0 Å². The first-order valence-corrected chi connectivity index (χ1v) is 8.01. The first-order valence-electron chi connectivity index (χ1n) is 8.01. The van der Waals surface area contributed by atoms with Crippen molar-refractivity contribution in [3.8, 4) is 0 Å². The monoisotopic (exact) mass is 323 g/mol. The molecule has 0 aromatic heterocycles. The molecule has 0 bridgehead atoms. The third-order valence-electron chi connectivity index (χ3n) is 4.43. The zero-order valence-electron chi connectivity index (χ0n) is 13.6. The number of amides is 2. The van der Waals surface area contributed by atoms with Crippen molar-refractivity contribution in [2.45, 2.75) is 13.0 Å². The van der Waals surface area contributed by atoms with Crippen LogP contribution in [0.4, 0.5) is 0 Å². The van der Waals surface area contributed by atoms with Crippen LogP contribution in [0.15, 0.2) is 60.7 Å². The zero-order chi connectivity index (χ0) is 17.1. The Bertz CT molecular complexity index is 672. The van der Waals surface area contributed by atoms with E-state index < -0.39 is 5.91 Å². The minimum absolute atomic E-state index is 0.0972. The molecule has 2 amide bonds. The van der Waals surface area contributed by atoms with Crippen molar-refractivity contribution in [3.63, 3.8) is 0 Å². The summed E-state index contributed by atoms with van der Waals surface area (Å²) < 4.78 is 0. The molecular weight excluding hydrogens is 302 g/mol. The number of hydrogen-bond acceptors (Lipinski definition) is 4. The van der Waals surface area contributed by atoms with Crippen molar-refractivity contribution < 1.29 is 9.59 Å². The van der Waals surface area contributed by atoms with E-state index in [2.05, 4.69) is 29.2 Å². The summed E-state index contributed by atoms with van der Waals surface area (Å²) in [5, 5.41) is 0.724. The van der Waals surface area contributed by atoms with E-state index in [0.29, 0.717) is 13.1 Å². The fourth-order valence-electron chi connectivity index (χ4n) is 3.12. The molecule has 24 heavy (non-hydrogen) atoms. The van der Waals surface area contributed by atoms with Crippen molar-refractivity contribution in [1.82, 2.24) is 9.91 Å². The molecule has 0 radical (unpaired) electrons. The quantitative estimate of drug-likeness (QED) is 0.531. The summed E-state index contributed by atoms with van der Waals surface area (Å²) in [5.74, 6) is 4.57. The fraction of sp³-hybridized carbons (Fsp3) is 0.263. The molecule has 2 aromatic carbocycles. The lowest BCUT2D eigenvalue weighted by atomic mass is 9.90. The van der Waals surface area contributed by atoms with Crippen LogP contribution in [0.3, 0.4) is 0 Å². The van der Waals surface area contributed by atoms with Gasteiger partial charge in [-0.1, -0.05) is 60.7 Å². The molecule has 0 spiro atoms. The van der Waals surface area contributed by atoms with Crippen molar-refractivity contribution >= 4 is 11.8 Å². The van der Waals surface area contributed by atoms with Gasteiger partial charge in [-0.25, -0.2) is 10.9 Å². The van der Waals surface area contributed by atoms with E-state index in [-0.39, 0.29) is 17.9 Å². The number of carbonyl (C=O) groups excluding carboxylic acids is 2. The van der Waals surface area contributed by atoms with Crippen LogP contribution in [0.5, 0.6) is 0 Å². The van der Waals surface area contributed by atoms with Gasteiger partial charge in [0, 0.05) is 20.0 Å². The van der Waals surface area contributed by atoms with E-state index in [1.165, 1.54) is 18.1 Å². The highest BCUT2D eigenvalue weighted by Gasteiger charge is 2.39. The van der Waals surface area contributed by atoms with E-state index in [1.54, 1.807) is 0 Å². The van der Waals surface area contributed by atoms with Gasteiger partial charge in [-0.3, -0.25) is 14.5 Å². The normalized spacial score (nSPS) is 15.1. The molecule has 5 nitrogen and oxygen atoms in total. The number of nitrogens with zero attached hydrogens (tertiary/aromatic N) is 2. The summed E-state index contributed by atoms with van der Waals surface area (Å²) >= 11 is 0. The lowest BCUT2D eigenvalue weighted by molar-refractivity contribution is -0.151. The number of benzene rings is 2. The average Bonchev–Trinajstić information content (AvgIpc) is 2.58. The van der Waals surface area contributed by atoms with E-state index in [4.69, 9.17) is 5.84 Å². The third kappa shape index (κ3) is 3.22. The minimum Gasteiger partial charge on any atom is -0.291 e. The molecule has 5 heteroatoms. The molecule has 0 unspecified atom stereocenters. The Labute approximate surface area is 141 Å². The molecule has 124 valence electrons. The topological polar surface area (TPSA) is 66.6 Å². The summed E-state index contributed by atoms with van der Waals surface area (Å²) in [6.07, 6.45) is 0. The summed E-state index contributed by atoms with van der Waals surface area (Å²) in [5.41, 5.74) is 2.37. The Morgan fingerprint density at radius 2 is 1.46 bits per heavy atom. The first-order chi connectivity index (χ1) is 11.6. The number of hydrazine groups is 1. The van der Waals surface area contributed by atoms with Crippen molar-refractivity contribution in [2.24, 2.45) is 11.8 Å². The second-order valence-electron chi connectivity index (χ2n) is 6.10. The van der Waals surface area contributed by atoms with Crippen LogP contribution >= 0.6 is 0 Å². The summed E-state index contributed by atoms with van der Waals surface area (Å²) in [6.45, 7) is 2.48. The Morgan fingerprint density at radius 1 is 1.00 bits per heavy atom. The molecule has 1 aliphatic heterocycles. The van der Waals surface area contributed by atoms with Crippen LogP contribution in [0.1, 0.15) is 24.1 Å². The van der Waals surface area contributed by atoms with Gasteiger partial charge < -0.3 is 0 Å². The van der Waals surface area contributed by atoms with Crippen LogP contribution in [0, 0.1) is 5.92 Å². The van der Waals surface area contributed by atoms with Crippen LogP contribution in [0.2, 0.25) is 0 Å². The molecule has 1 saturated heterocycles. The van der Waals surface area contributed by atoms with Crippen molar-refractivity contribution in [1.29, 1.82) is 0 Å². The van der Waals surface area contributed by atoms with E-state index in [0.717, 1.165) is 5.01 Å². The van der Waals surface area contributed by atoms with Crippen molar-refractivity contribution in [2.75, 3.05) is 13.1 Å². The predicted molar refractivity (Wildman–Crippen MR) is 91.5 cm³/mol. The maximum atomic E-state index is 12.2. The standard InChI is InChI=1S/C19H21N3O2/c1-14(23)22(20)19(24)17-12-21(13-17)18(15-8-4-2-5-9-15)16-10-6-3-7-11-16/h2-11,17-18H,12-13,20H2,1H3. The zero-order valence-corrected chi connectivity index (χ0v) is 13.6. The number of hydrogen-bond donors (Lipinski definition) is 1. The molecule has 1 fully saturated rings. The SMILES string of the molecule is CC(=O)N(N)C(=O)C1CN(C(c2ccccc2)c2ccccc2)C1. The summed E-state index contributed by atoms with van der Waals surface area (Å²) in [7, 11) is 0. The number of imide groups is 1. The highest BCUT2D eigenvalue weighted by molar-refractivity contribution is 5.95. The fourth-order valence-corrected chi connectivity index (χ4v) is 3.12. The van der Waals surface area contributed by atoms with Gasteiger partial charge in [-0.2, -0.15) is 0 Å². The Hall–Kier alpha value is -2.50. The highest BCUT2D eigenvalue weighted by atomic mass is 16.2. The molecule has 1 heterocycles. The second kappa shape index (κ2) is 6.95. The van der Waals surface area contributed by atoms with Gasteiger partial charge in [0.15, 0.2) is 0 Å². The Balaban J connectivity index is 1.78. The van der Waals surface area contributed by atoms with Gasteiger partial charge in [-0.15, -0.1) is 0 Å². The molecule has 2 aromatic rings. The molecule has 0 saturated carbocycles. The van der Waals surface area contributed by atoms with Crippen LogP contribution in [-0.4, -0.2) is 34.8 Å². The van der Waals surface area contributed by atoms with E-state index in [1.807, 2.05) is 36.4 Å². The minimum atomic E-state index is -0.430. The number of carbonyl (C=O) groups is 2. The highest BCUT2D eigenvalue weighted by Crippen LogP contribution is 2.34. The average molecular weight is 323 g/mol. The number of likely N-dealkylation sites (tertiary alicyclic amines) is 1. The van der Waals surface area contributed by atoms with Gasteiger partial charge in [0.2, 0.25) is 11.8 Å². The lowest BCUT2D eigenvalue weighted by Crippen LogP contribution is -2.57. The lowest BCUT2D eigenvalue weighted by Gasteiger charge is -2.44. The van der Waals surface area contributed by atoms with Crippen LogP contribution < -0.4 is 5.84 Å². The van der Waals surface area contributed by atoms with Crippen molar-refractivity contribution in [3.05, 3.63) is 71.8 Å². The van der Waals surface area contributed by atoms with Gasteiger partial charge in [-0.05, 0) is 11.1 Å². The second-order valence-corrected chi connectivity index (χ2v) is 6.10. The summed E-state index contributed by atoms with van der Waals surface area (Å²) in [6, 6.07) is 20.5. The van der Waals surface area contributed by atoms with Crippen LogP contribution in [-0.2, 0) is 9.59 Å². The smallest absolute Gasteiger partial charge is 0.249 e. The molecule has 3 rings (SSSR count). The molecule has 0 atom stereocenters. The Kier molecular flexibility index (Phi) is 4.74.